The molecule has 7 heteroatoms. The molecule has 2 rings (SSSR count). The lowest BCUT2D eigenvalue weighted by molar-refractivity contribution is -0.116. The standard InChI is InChI=1S/C13H19N3O3S/c14-20(18,19)12-4-2-1-3-11(12)16-13(17)6-5-10-7-8-15-9-10/h1-4,10,15H,5-9H2,(H,16,17)(H2,14,18,19). The summed E-state index contributed by atoms with van der Waals surface area (Å²) in [5, 5.41) is 11.0. The van der Waals surface area contributed by atoms with E-state index in [2.05, 4.69) is 10.6 Å². The number of sulfonamides is 1. The lowest BCUT2D eigenvalue weighted by atomic mass is 10.0. The number of carbonyl (C=O) groups excluding carboxylic acids is 1. The molecule has 1 saturated heterocycles. The molecule has 20 heavy (non-hydrogen) atoms. The van der Waals surface area contributed by atoms with Gasteiger partial charge in [0.05, 0.1) is 5.69 Å². The largest absolute Gasteiger partial charge is 0.325 e. The van der Waals surface area contributed by atoms with Crippen LogP contribution in [0.3, 0.4) is 0 Å². The summed E-state index contributed by atoms with van der Waals surface area (Å²) in [6.07, 6.45) is 2.27. The molecule has 1 aromatic rings. The van der Waals surface area contributed by atoms with Crippen molar-refractivity contribution in [2.45, 2.75) is 24.2 Å². The highest BCUT2D eigenvalue weighted by atomic mass is 32.2. The fourth-order valence-corrected chi connectivity index (χ4v) is 3.02. The van der Waals surface area contributed by atoms with Gasteiger partial charge in [0.2, 0.25) is 15.9 Å². The van der Waals surface area contributed by atoms with Gasteiger partial charge in [0.25, 0.3) is 0 Å². The van der Waals surface area contributed by atoms with Crippen LogP contribution in [0.15, 0.2) is 29.2 Å². The minimum absolute atomic E-state index is 0.0594. The monoisotopic (exact) mass is 297 g/mol. The number of primary sulfonamides is 1. The van der Waals surface area contributed by atoms with Crippen LogP contribution in [0.5, 0.6) is 0 Å². The summed E-state index contributed by atoms with van der Waals surface area (Å²) in [6.45, 7) is 1.95. The molecule has 0 saturated carbocycles. The molecule has 1 aromatic carbocycles. The first-order valence-electron chi connectivity index (χ1n) is 6.59. The number of rotatable bonds is 5. The second kappa shape index (κ2) is 6.34. The Morgan fingerprint density at radius 2 is 2.15 bits per heavy atom. The van der Waals surface area contributed by atoms with Crippen LogP contribution in [0.1, 0.15) is 19.3 Å². The summed E-state index contributed by atoms with van der Waals surface area (Å²) in [5.41, 5.74) is 0.240. The van der Waals surface area contributed by atoms with Crippen molar-refractivity contribution in [2.75, 3.05) is 18.4 Å². The summed E-state index contributed by atoms with van der Waals surface area (Å²) >= 11 is 0. The summed E-state index contributed by atoms with van der Waals surface area (Å²) in [7, 11) is -3.83. The van der Waals surface area contributed by atoms with Crippen molar-refractivity contribution < 1.29 is 13.2 Å². The zero-order valence-corrected chi connectivity index (χ0v) is 11.9. The van der Waals surface area contributed by atoms with Gasteiger partial charge in [-0.3, -0.25) is 4.79 Å². The molecule has 1 atom stereocenters. The first-order valence-corrected chi connectivity index (χ1v) is 8.14. The molecule has 0 aromatic heterocycles. The van der Waals surface area contributed by atoms with Gasteiger partial charge < -0.3 is 10.6 Å². The van der Waals surface area contributed by atoms with Gasteiger partial charge in [-0.05, 0) is 44.0 Å². The zero-order chi connectivity index (χ0) is 14.6. The van der Waals surface area contributed by atoms with Crippen molar-refractivity contribution >= 4 is 21.6 Å². The molecule has 6 nitrogen and oxygen atoms in total. The molecule has 1 aliphatic heterocycles. The van der Waals surface area contributed by atoms with E-state index >= 15 is 0 Å². The van der Waals surface area contributed by atoms with E-state index < -0.39 is 10.0 Å². The van der Waals surface area contributed by atoms with Crippen LogP contribution in [-0.4, -0.2) is 27.4 Å². The number of para-hydroxylation sites is 1. The third kappa shape index (κ3) is 4.03. The van der Waals surface area contributed by atoms with Crippen molar-refractivity contribution in [3.8, 4) is 0 Å². The van der Waals surface area contributed by atoms with E-state index in [0.29, 0.717) is 12.3 Å². The lowest BCUT2D eigenvalue weighted by Gasteiger charge is -2.11. The summed E-state index contributed by atoms with van der Waals surface area (Å²) in [5.74, 6) is 0.335. The van der Waals surface area contributed by atoms with Crippen LogP contribution in [0, 0.1) is 5.92 Å². The zero-order valence-electron chi connectivity index (χ0n) is 11.1. The van der Waals surface area contributed by atoms with Gasteiger partial charge in [0.1, 0.15) is 4.90 Å². The summed E-state index contributed by atoms with van der Waals surface area (Å²) in [6, 6.07) is 6.14. The molecule has 1 unspecified atom stereocenters. The number of nitrogens with one attached hydrogen (secondary N) is 2. The maximum Gasteiger partial charge on any atom is 0.240 e. The van der Waals surface area contributed by atoms with E-state index in [1.807, 2.05) is 0 Å². The Balaban J connectivity index is 1.97. The number of hydrogen-bond donors (Lipinski definition) is 3. The fraction of sp³-hybridized carbons (Fsp3) is 0.462. The SMILES string of the molecule is NS(=O)(=O)c1ccccc1NC(=O)CCC1CCNC1. The normalized spacial score (nSPS) is 18.9. The van der Waals surface area contributed by atoms with Crippen LogP contribution < -0.4 is 15.8 Å². The maximum absolute atomic E-state index is 11.9. The van der Waals surface area contributed by atoms with Gasteiger partial charge in [0, 0.05) is 6.42 Å². The molecule has 1 aliphatic rings. The summed E-state index contributed by atoms with van der Waals surface area (Å²) < 4.78 is 22.8. The summed E-state index contributed by atoms with van der Waals surface area (Å²) in [4.78, 5) is 11.8. The number of anilines is 1. The Kier molecular flexibility index (Phi) is 4.74. The van der Waals surface area contributed by atoms with Crippen LogP contribution >= 0.6 is 0 Å². The quantitative estimate of drug-likeness (QED) is 0.743. The predicted octanol–water partition coefficient (Wildman–Crippen LogP) is 0.662. The Hall–Kier alpha value is -1.44. The second-order valence-electron chi connectivity index (χ2n) is 4.99. The fourth-order valence-electron chi connectivity index (χ4n) is 2.33. The highest BCUT2D eigenvalue weighted by Crippen LogP contribution is 2.20. The van der Waals surface area contributed by atoms with Crippen LogP contribution in [-0.2, 0) is 14.8 Å². The number of nitrogens with two attached hydrogens (primary N) is 1. The predicted molar refractivity (Wildman–Crippen MR) is 76.7 cm³/mol. The molecule has 110 valence electrons. The molecule has 0 bridgehead atoms. The Morgan fingerprint density at radius 1 is 1.40 bits per heavy atom. The Morgan fingerprint density at radius 3 is 2.80 bits per heavy atom. The van der Waals surface area contributed by atoms with Gasteiger partial charge in [-0.25, -0.2) is 13.6 Å². The van der Waals surface area contributed by atoms with Crippen LogP contribution in [0.4, 0.5) is 5.69 Å². The third-order valence-corrected chi connectivity index (χ3v) is 4.38. The van der Waals surface area contributed by atoms with Crippen LogP contribution in [0.2, 0.25) is 0 Å². The van der Waals surface area contributed by atoms with Crippen molar-refractivity contribution in [2.24, 2.45) is 11.1 Å². The number of carbonyl (C=O) groups is 1. The van der Waals surface area contributed by atoms with Crippen molar-refractivity contribution in [3.05, 3.63) is 24.3 Å². The second-order valence-corrected chi connectivity index (χ2v) is 6.52. The average Bonchev–Trinajstić information content (AvgIpc) is 2.89. The topological polar surface area (TPSA) is 101 Å². The van der Waals surface area contributed by atoms with Gasteiger partial charge >= 0.3 is 0 Å². The molecule has 1 heterocycles. The van der Waals surface area contributed by atoms with E-state index in [-0.39, 0.29) is 16.5 Å². The Bertz CT molecular complexity index is 580. The molecule has 0 radical (unpaired) electrons. The van der Waals surface area contributed by atoms with E-state index in [4.69, 9.17) is 5.14 Å². The smallest absolute Gasteiger partial charge is 0.240 e. The van der Waals surface area contributed by atoms with E-state index in [1.54, 1.807) is 12.1 Å². The van der Waals surface area contributed by atoms with E-state index in [0.717, 1.165) is 25.9 Å². The molecule has 4 N–H and O–H groups in total. The van der Waals surface area contributed by atoms with Crippen molar-refractivity contribution in [1.82, 2.24) is 5.32 Å². The number of benzene rings is 1. The molecular weight excluding hydrogens is 278 g/mol. The maximum atomic E-state index is 11.9. The lowest BCUT2D eigenvalue weighted by Crippen LogP contribution is -2.19. The minimum Gasteiger partial charge on any atom is -0.325 e. The number of hydrogen-bond acceptors (Lipinski definition) is 4. The van der Waals surface area contributed by atoms with E-state index in [9.17, 15) is 13.2 Å². The van der Waals surface area contributed by atoms with Crippen LogP contribution in [0.25, 0.3) is 0 Å². The van der Waals surface area contributed by atoms with Crippen molar-refractivity contribution in [1.29, 1.82) is 0 Å². The first kappa shape index (κ1) is 15.0. The molecule has 1 amide bonds. The average molecular weight is 297 g/mol. The first-order chi connectivity index (χ1) is 9.47. The van der Waals surface area contributed by atoms with Gasteiger partial charge in [-0.15, -0.1) is 0 Å². The minimum atomic E-state index is -3.83. The van der Waals surface area contributed by atoms with Gasteiger partial charge in [-0.1, -0.05) is 12.1 Å². The molecule has 1 fully saturated rings. The number of amides is 1. The highest BCUT2D eigenvalue weighted by molar-refractivity contribution is 7.89. The Labute approximate surface area is 118 Å². The van der Waals surface area contributed by atoms with Gasteiger partial charge in [0.15, 0.2) is 0 Å². The van der Waals surface area contributed by atoms with E-state index in [1.165, 1.54) is 12.1 Å². The van der Waals surface area contributed by atoms with Gasteiger partial charge in [-0.2, -0.15) is 0 Å². The third-order valence-electron chi connectivity index (χ3n) is 3.41. The highest BCUT2D eigenvalue weighted by Gasteiger charge is 2.18. The van der Waals surface area contributed by atoms with Crippen molar-refractivity contribution in [3.63, 3.8) is 0 Å². The molecule has 0 aliphatic carbocycles. The molecule has 0 spiro atoms. The molecular formula is C13H19N3O3S.